The maximum absolute atomic E-state index is 9.55. The summed E-state index contributed by atoms with van der Waals surface area (Å²) in [5, 5.41) is 9.55. The standard InChI is InChI=1S/C15H23NO3/c1-16-8-7-12(9-16)13(10-17)11-19-15-6-4-3-5-14(15)18-2/h3-6,12-13,17H,7-11H2,1-2H3. The highest BCUT2D eigenvalue weighted by Gasteiger charge is 2.28. The highest BCUT2D eigenvalue weighted by Crippen LogP contribution is 2.28. The molecule has 0 spiro atoms. The van der Waals surface area contributed by atoms with Crippen molar-refractivity contribution in [2.24, 2.45) is 11.8 Å². The summed E-state index contributed by atoms with van der Waals surface area (Å²) in [6.07, 6.45) is 1.14. The lowest BCUT2D eigenvalue weighted by Crippen LogP contribution is -2.27. The Balaban J connectivity index is 1.92. The minimum absolute atomic E-state index is 0.174. The molecule has 0 saturated carbocycles. The van der Waals surface area contributed by atoms with Gasteiger partial charge < -0.3 is 19.5 Å². The van der Waals surface area contributed by atoms with Gasteiger partial charge in [0.2, 0.25) is 0 Å². The van der Waals surface area contributed by atoms with Crippen molar-refractivity contribution in [3.05, 3.63) is 24.3 Å². The minimum atomic E-state index is 0.174. The van der Waals surface area contributed by atoms with E-state index < -0.39 is 0 Å². The lowest BCUT2D eigenvalue weighted by molar-refractivity contribution is 0.118. The summed E-state index contributed by atoms with van der Waals surface area (Å²) < 4.78 is 11.1. The van der Waals surface area contributed by atoms with Crippen molar-refractivity contribution in [1.29, 1.82) is 0 Å². The smallest absolute Gasteiger partial charge is 0.161 e. The van der Waals surface area contributed by atoms with E-state index in [0.717, 1.165) is 31.0 Å². The Bertz CT molecular complexity index is 397. The second-order valence-electron chi connectivity index (χ2n) is 5.22. The highest BCUT2D eigenvalue weighted by atomic mass is 16.5. The molecule has 1 N–H and O–H groups in total. The molecule has 0 amide bonds. The third-order valence-corrected chi connectivity index (χ3v) is 3.85. The Morgan fingerprint density at radius 3 is 2.68 bits per heavy atom. The molecule has 0 bridgehead atoms. The Morgan fingerprint density at radius 2 is 2.11 bits per heavy atom. The number of aliphatic hydroxyl groups is 1. The predicted molar refractivity (Wildman–Crippen MR) is 74.7 cm³/mol. The molecule has 1 aromatic rings. The average Bonchev–Trinajstić information content (AvgIpc) is 2.86. The van der Waals surface area contributed by atoms with E-state index in [0.29, 0.717) is 12.5 Å². The van der Waals surface area contributed by atoms with E-state index in [9.17, 15) is 5.11 Å². The number of para-hydroxylation sites is 2. The first kappa shape index (κ1) is 14.2. The fourth-order valence-electron chi connectivity index (χ4n) is 2.63. The predicted octanol–water partition coefficient (Wildman–Crippen LogP) is 1.63. The second kappa shape index (κ2) is 6.78. The molecule has 1 fully saturated rings. The van der Waals surface area contributed by atoms with Gasteiger partial charge in [0.25, 0.3) is 0 Å². The van der Waals surface area contributed by atoms with Gasteiger partial charge in [-0.1, -0.05) is 12.1 Å². The van der Waals surface area contributed by atoms with Crippen LogP contribution in [0.2, 0.25) is 0 Å². The summed E-state index contributed by atoms with van der Waals surface area (Å²) in [6, 6.07) is 7.62. The van der Waals surface area contributed by atoms with Crippen LogP contribution in [0.3, 0.4) is 0 Å². The third kappa shape index (κ3) is 3.61. The monoisotopic (exact) mass is 265 g/mol. The minimum Gasteiger partial charge on any atom is -0.493 e. The fraction of sp³-hybridized carbons (Fsp3) is 0.600. The first-order valence-electron chi connectivity index (χ1n) is 6.79. The number of hydrogen-bond donors (Lipinski definition) is 1. The lowest BCUT2D eigenvalue weighted by Gasteiger charge is -2.22. The molecule has 0 aromatic heterocycles. The number of aliphatic hydroxyl groups excluding tert-OH is 1. The first-order chi connectivity index (χ1) is 9.24. The number of benzene rings is 1. The summed E-state index contributed by atoms with van der Waals surface area (Å²) in [4.78, 5) is 2.30. The maximum atomic E-state index is 9.55. The molecular weight excluding hydrogens is 242 g/mol. The van der Waals surface area contributed by atoms with Crippen molar-refractivity contribution in [1.82, 2.24) is 4.90 Å². The molecule has 19 heavy (non-hydrogen) atoms. The summed E-state index contributed by atoms with van der Waals surface area (Å²) in [5.41, 5.74) is 0. The SMILES string of the molecule is COc1ccccc1OCC(CO)C1CCN(C)C1. The van der Waals surface area contributed by atoms with Gasteiger partial charge >= 0.3 is 0 Å². The van der Waals surface area contributed by atoms with E-state index in [-0.39, 0.29) is 12.5 Å². The zero-order chi connectivity index (χ0) is 13.7. The largest absolute Gasteiger partial charge is 0.493 e. The molecule has 1 aromatic carbocycles. The number of nitrogens with zero attached hydrogens (tertiary/aromatic N) is 1. The van der Waals surface area contributed by atoms with Crippen LogP contribution in [0.25, 0.3) is 0 Å². The molecule has 2 atom stereocenters. The van der Waals surface area contributed by atoms with E-state index in [2.05, 4.69) is 11.9 Å². The Kier molecular flexibility index (Phi) is 5.05. The van der Waals surface area contributed by atoms with Gasteiger partial charge in [0, 0.05) is 19.1 Å². The number of hydrogen-bond acceptors (Lipinski definition) is 4. The summed E-state index contributed by atoms with van der Waals surface area (Å²) in [5.74, 6) is 2.19. The quantitative estimate of drug-likeness (QED) is 0.849. The van der Waals surface area contributed by atoms with E-state index in [1.807, 2.05) is 24.3 Å². The van der Waals surface area contributed by atoms with Crippen molar-refractivity contribution in [3.8, 4) is 11.5 Å². The molecule has 0 radical (unpaired) electrons. The maximum Gasteiger partial charge on any atom is 0.161 e. The molecule has 1 saturated heterocycles. The Labute approximate surface area is 114 Å². The summed E-state index contributed by atoms with van der Waals surface area (Å²) >= 11 is 0. The van der Waals surface area contributed by atoms with Crippen molar-refractivity contribution in [2.75, 3.05) is 40.5 Å². The van der Waals surface area contributed by atoms with Crippen LogP contribution in [0.15, 0.2) is 24.3 Å². The van der Waals surface area contributed by atoms with Gasteiger partial charge in [-0.05, 0) is 38.1 Å². The topological polar surface area (TPSA) is 41.9 Å². The number of likely N-dealkylation sites (tertiary alicyclic amines) is 1. The van der Waals surface area contributed by atoms with Crippen LogP contribution in [0.1, 0.15) is 6.42 Å². The van der Waals surface area contributed by atoms with Crippen LogP contribution in [0.5, 0.6) is 11.5 Å². The zero-order valence-electron chi connectivity index (χ0n) is 11.7. The summed E-state index contributed by atoms with van der Waals surface area (Å²) in [7, 11) is 3.76. The van der Waals surface area contributed by atoms with Gasteiger partial charge in [-0.3, -0.25) is 0 Å². The Hall–Kier alpha value is -1.26. The third-order valence-electron chi connectivity index (χ3n) is 3.85. The van der Waals surface area contributed by atoms with Gasteiger partial charge in [-0.25, -0.2) is 0 Å². The zero-order valence-corrected chi connectivity index (χ0v) is 11.7. The summed E-state index contributed by atoms with van der Waals surface area (Å²) in [6.45, 7) is 2.86. The van der Waals surface area contributed by atoms with Gasteiger partial charge in [-0.15, -0.1) is 0 Å². The van der Waals surface area contributed by atoms with E-state index in [1.165, 1.54) is 0 Å². The van der Waals surface area contributed by atoms with Crippen molar-refractivity contribution in [3.63, 3.8) is 0 Å². The van der Waals surface area contributed by atoms with Crippen LogP contribution in [-0.4, -0.2) is 50.5 Å². The molecule has 2 rings (SSSR count). The van der Waals surface area contributed by atoms with Crippen LogP contribution in [0.4, 0.5) is 0 Å². The van der Waals surface area contributed by atoms with Crippen LogP contribution in [-0.2, 0) is 0 Å². The molecule has 4 heteroatoms. The normalized spacial score (nSPS) is 21.3. The van der Waals surface area contributed by atoms with E-state index >= 15 is 0 Å². The lowest BCUT2D eigenvalue weighted by atomic mass is 9.93. The van der Waals surface area contributed by atoms with Crippen LogP contribution >= 0.6 is 0 Å². The number of rotatable bonds is 6. The number of ether oxygens (including phenoxy) is 2. The number of methoxy groups -OCH3 is 1. The van der Waals surface area contributed by atoms with Gasteiger partial charge in [0.1, 0.15) is 0 Å². The average molecular weight is 265 g/mol. The van der Waals surface area contributed by atoms with E-state index in [4.69, 9.17) is 9.47 Å². The molecule has 1 aliphatic rings. The Morgan fingerprint density at radius 1 is 1.37 bits per heavy atom. The van der Waals surface area contributed by atoms with Crippen molar-refractivity contribution < 1.29 is 14.6 Å². The molecule has 106 valence electrons. The van der Waals surface area contributed by atoms with Gasteiger partial charge in [0.15, 0.2) is 11.5 Å². The molecule has 1 heterocycles. The van der Waals surface area contributed by atoms with Crippen molar-refractivity contribution in [2.45, 2.75) is 6.42 Å². The molecule has 1 aliphatic heterocycles. The van der Waals surface area contributed by atoms with Crippen LogP contribution in [0, 0.1) is 11.8 Å². The van der Waals surface area contributed by atoms with E-state index in [1.54, 1.807) is 7.11 Å². The first-order valence-corrected chi connectivity index (χ1v) is 6.79. The van der Waals surface area contributed by atoms with Crippen LogP contribution < -0.4 is 9.47 Å². The van der Waals surface area contributed by atoms with Gasteiger partial charge in [0.05, 0.1) is 13.7 Å². The second-order valence-corrected chi connectivity index (χ2v) is 5.22. The fourth-order valence-corrected chi connectivity index (χ4v) is 2.63. The molecule has 2 unspecified atom stereocenters. The van der Waals surface area contributed by atoms with Gasteiger partial charge in [-0.2, -0.15) is 0 Å². The molecule has 0 aliphatic carbocycles. The molecule has 4 nitrogen and oxygen atoms in total. The molecular formula is C15H23NO3. The highest BCUT2D eigenvalue weighted by molar-refractivity contribution is 5.39. The van der Waals surface area contributed by atoms with Crippen molar-refractivity contribution >= 4 is 0 Å².